The van der Waals surface area contributed by atoms with E-state index in [1.54, 1.807) is 13.3 Å². The molecule has 30 heavy (non-hydrogen) atoms. The van der Waals surface area contributed by atoms with Crippen molar-refractivity contribution in [3.63, 3.8) is 0 Å². The Kier molecular flexibility index (Phi) is 5.93. The van der Waals surface area contributed by atoms with Gasteiger partial charge in [-0.2, -0.15) is 5.10 Å². The van der Waals surface area contributed by atoms with Crippen LogP contribution in [0.3, 0.4) is 0 Å². The predicted molar refractivity (Wildman–Crippen MR) is 118 cm³/mol. The first-order valence-corrected chi connectivity index (χ1v) is 10.3. The molecule has 1 unspecified atom stereocenters. The highest BCUT2D eigenvalue weighted by Gasteiger charge is 2.15. The lowest BCUT2D eigenvalue weighted by Gasteiger charge is -2.13. The van der Waals surface area contributed by atoms with Crippen LogP contribution >= 0.6 is 0 Å². The van der Waals surface area contributed by atoms with E-state index in [9.17, 15) is 4.79 Å². The van der Waals surface area contributed by atoms with Crippen LogP contribution in [0, 0.1) is 0 Å². The second-order valence-corrected chi connectivity index (χ2v) is 7.59. The van der Waals surface area contributed by atoms with E-state index >= 15 is 0 Å². The Morgan fingerprint density at radius 3 is 2.57 bits per heavy atom. The summed E-state index contributed by atoms with van der Waals surface area (Å²) < 4.78 is 7.09. The van der Waals surface area contributed by atoms with Crippen LogP contribution in [0.15, 0.2) is 65.6 Å². The summed E-state index contributed by atoms with van der Waals surface area (Å²) in [6.07, 6.45) is 5.21. The first-order valence-electron chi connectivity index (χ1n) is 10.3. The number of hydrogen-bond donors (Lipinski definition) is 1. The molecule has 0 aliphatic rings. The van der Waals surface area contributed by atoms with E-state index in [1.807, 2.05) is 35.0 Å². The minimum atomic E-state index is -0.147. The van der Waals surface area contributed by atoms with Gasteiger partial charge in [-0.25, -0.2) is 9.67 Å². The number of fused-ring (bicyclic) bond motifs is 1. The Bertz CT molecular complexity index is 1160. The second kappa shape index (κ2) is 8.95. The van der Waals surface area contributed by atoms with Crippen molar-refractivity contribution in [3.8, 4) is 5.75 Å². The summed E-state index contributed by atoms with van der Waals surface area (Å²) in [7, 11) is 1.64. The molecule has 4 rings (SSSR count). The molecule has 2 heterocycles. The minimum absolute atomic E-state index is 0.147. The van der Waals surface area contributed by atoms with Gasteiger partial charge in [0.15, 0.2) is 5.65 Å². The average molecular weight is 402 g/mol. The van der Waals surface area contributed by atoms with Crippen molar-refractivity contribution in [1.29, 1.82) is 0 Å². The molecule has 0 saturated heterocycles. The lowest BCUT2D eigenvalue weighted by atomic mass is 10.1. The van der Waals surface area contributed by atoms with Gasteiger partial charge in [0.2, 0.25) is 0 Å². The third-order valence-electron chi connectivity index (χ3n) is 5.39. The highest BCUT2D eigenvalue weighted by Crippen LogP contribution is 2.20. The molecule has 6 nitrogen and oxygen atoms in total. The number of aromatic nitrogens is 4. The number of hydrogen-bond acceptors (Lipinski definition) is 4. The molecule has 154 valence electrons. The monoisotopic (exact) mass is 402 g/mol. The lowest BCUT2D eigenvalue weighted by Crippen LogP contribution is -2.14. The number of nitrogens with one attached hydrogen (secondary N) is 1. The predicted octanol–water partition coefficient (Wildman–Crippen LogP) is 4.30. The fourth-order valence-corrected chi connectivity index (χ4v) is 3.69. The topological polar surface area (TPSA) is 72.8 Å². The van der Waals surface area contributed by atoms with Crippen molar-refractivity contribution < 1.29 is 4.74 Å². The number of aromatic amines is 1. The summed E-state index contributed by atoms with van der Waals surface area (Å²) in [6, 6.07) is 18.4. The minimum Gasteiger partial charge on any atom is -0.497 e. The number of methoxy groups -OCH3 is 1. The van der Waals surface area contributed by atoms with Gasteiger partial charge >= 0.3 is 0 Å². The second-order valence-electron chi connectivity index (χ2n) is 7.59. The molecule has 2 aromatic carbocycles. The van der Waals surface area contributed by atoms with Crippen LogP contribution in [0.1, 0.15) is 42.8 Å². The highest BCUT2D eigenvalue weighted by atomic mass is 16.5. The van der Waals surface area contributed by atoms with Crippen LogP contribution in [0.2, 0.25) is 0 Å². The van der Waals surface area contributed by atoms with Crippen molar-refractivity contribution in [2.75, 3.05) is 7.11 Å². The van der Waals surface area contributed by atoms with E-state index in [2.05, 4.69) is 41.3 Å². The largest absolute Gasteiger partial charge is 0.497 e. The highest BCUT2D eigenvalue weighted by molar-refractivity contribution is 5.73. The maximum atomic E-state index is 12.6. The number of ether oxygens (including phenoxy) is 1. The molecule has 0 amide bonds. The van der Waals surface area contributed by atoms with Gasteiger partial charge < -0.3 is 9.72 Å². The molecule has 1 N–H and O–H groups in total. The SMILES string of the molecule is COc1ccc(Cc2nc3c(cnn3C(C)CCCc3ccccc3)c(=O)[nH]2)cc1. The standard InChI is InChI=1S/C24H26N4O2/c1-17(7-6-10-18-8-4-3-5-9-18)28-23-21(16-25-28)24(29)27-22(26-23)15-19-11-13-20(30-2)14-12-19/h3-5,8-9,11-14,16-17H,6-7,10,15H2,1-2H3,(H,26,27,29). The van der Waals surface area contributed by atoms with Crippen LogP contribution < -0.4 is 10.3 Å². The van der Waals surface area contributed by atoms with Crippen molar-refractivity contribution in [1.82, 2.24) is 19.7 Å². The van der Waals surface area contributed by atoms with Gasteiger partial charge in [0, 0.05) is 6.42 Å². The number of benzene rings is 2. The lowest BCUT2D eigenvalue weighted by molar-refractivity contribution is 0.414. The van der Waals surface area contributed by atoms with Gasteiger partial charge in [-0.15, -0.1) is 0 Å². The fourth-order valence-electron chi connectivity index (χ4n) is 3.69. The zero-order valence-electron chi connectivity index (χ0n) is 17.3. The molecule has 4 aromatic rings. The number of H-pyrrole nitrogens is 1. The zero-order chi connectivity index (χ0) is 20.9. The van der Waals surface area contributed by atoms with E-state index < -0.39 is 0 Å². The number of aryl methyl sites for hydroxylation is 1. The first-order chi connectivity index (χ1) is 14.6. The van der Waals surface area contributed by atoms with E-state index in [0.29, 0.717) is 23.3 Å². The maximum Gasteiger partial charge on any atom is 0.262 e. The third kappa shape index (κ3) is 4.43. The summed E-state index contributed by atoms with van der Waals surface area (Å²) >= 11 is 0. The zero-order valence-corrected chi connectivity index (χ0v) is 17.3. The van der Waals surface area contributed by atoms with Gasteiger partial charge in [-0.3, -0.25) is 4.79 Å². The Labute approximate surface area is 175 Å². The molecule has 6 heteroatoms. The first kappa shape index (κ1) is 19.9. The summed E-state index contributed by atoms with van der Waals surface area (Å²) in [5.41, 5.74) is 2.90. The number of nitrogens with zero attached hydrogens (tertiary/aromatic N) is 3. The average Bonchev–Trinajstić information content (AvgIpc) is 3.20. The van der Waals surface area contributed by atoms with Crippen LogP contribution in [0.4, 0.5) is 0 Å². The molecule has 0 saturated carbocycles. The Morgan fingerprint density at radius 1 is 1.07 bits per heavy atom. The summed E-state index contributed by atoms with van der Waals surface area (Å²) in [4.78, 5) is 20.2. The molecule has 0 bridgehead atoms. The summed E-state index contributed by atoms with van der Waals surface area (Å²) in [6.45, 7) is 2.13. The Hall–Kier alpha value is -3.41. The molecular weight excluding hydrogens is 376 g/mol. The van der Waals surface area contributed by atoms with Crippen LogP contribution in [0.5, 0.6) is 5.75 Å². The van der Waals surface area contributed by atoms with E-state index in [-0.39, 0.29) is 11.6 Å². The van der Waals surface area contributed by atoms with Gasteiger partial charge in [0.25, 0.3) is 5.56 Å². The van der Waals surface area contributed by atoms with Crippen LogP contribution in [-0.4, -0.2) is 26.9 Å². The smallest absolute Gasteiger partial charge is 0.262 e. The van der Waals surface area contributed by atoms with Crippen molar-refractivity contribution in [3.05, 3.63) is 88.1 Å². The third-order valence-corrected chi connectivity index (χ3v) is 5.39. The normalized spacial score (nSPS) is 12.2. The molecule has 1 atom stereocenters. The van der Waals surface area contributed by atoms with Gasteiger partial charge in [-0.05, 0) is 49.4 Å². The van der Waals surface area contributed by atoms with Crippen molar-refractivity contribution >= 4 is 11.0 Å². The molecule has 0 aliphatic heterocycles. The van der Waals surface area contributed by atoms with E-state index in [1.165, 1.54) is 5.56 Å². The van der Waals surface area contributed by atoms with E-state index in [0.717, 1.165) is 30.6 Å². The fraction of sp³-hybridized carbons (Fsp3) is 0.292. The van der Waals surface area contributed by atoms with Gasteiger partial charge in [-0.1, -0.05) is 42.5 Å². The van der Waals surface area contributed by atoms with Crippen molar-refractivity contribution in [2.24, 2.45) is 0 Å². The van der Waals surface area contributed by atoms with Crippen LogP contribution in [0.25, 0.3) is 11.0 Å². The maximum absolute atomic E-state index is 12.6. The Morgan fingerprint density at radius 2 is 1.83 bits per heavy atom. The molecule has 2 aromatic heterocycles. The number of rotatable bonds is 8. The van der Waals surface area contributed by atoms with Crippen LogP contribution in [-0.2, 0) is 12.8 Å². The quantitative estimate of drug-likeness (QED) is 0.477. The summed E-state index contributed by atoms with van der Waals surface area (Å²) in [5, 5.41) is 5.00. The molecule has 0 fully saturated rings. The molecular formula is C24H26N4O2. The van der Waals surface area contributed by atoms with Gasteiger partial charge in [0.05, 0.1) is 19.3 Å². The molecule has 0 aliphatic carbocycles. The van der Waals surface area contributed by atoms with Gasteiger partial charge in [0.1, 0.15) is 17.0 Å². The molecule has 0 radical (unpaired) electrons. The molecule has 0 spiro atoms. The summed E-state index contributed by atoms with van der Waals surface area (Å²) in [5.74, 6) is 1.44. The Balaban J connectivity index is 1.51. The van der Waals surface area contributed by atoms with E-state index in [4.69, 9.17) is 9.72 Å². The van der Waals surface area contributed by atoms with Crippen molar-refractivity contribution in [2.45, 2.75) is 38.6 Å².